The number of hydrogen-bond acceptors (Lipinski definition) is 10. The van der Waals surface area contributed by atoms with Crippen LogP contribution >= 0.6 is 0 Å². The van der Waals surface area contributed by atoms with Crippen LogP contribution < -0.4 is 15.8 Å². The third-order valence-corrected chi connectivity index (χ3v) is 11.7. The van der Waals surface area contributed by atoms with Crippen LogP contribution in [0.15, 0.2) is 43.0 Å². The van der Waals surface area contributed by atoms with Crippen molar-refractivity contribution in [2.24, 2.45) is 17.6 Å². The van der Waals surface area contributed by atoms with Crippen molar-refractivity contribution in [3.05, 3.63) is 60.0 Å². The van der Waals surface area contributed by atoms with E-state index in [1.807, 2.05) is 6.08 Å². The molecule has 2 aliphatic heterocycles. The highest BCUT2D eigenvalue weighted by atomic mass is 32.2. The van der Waals surface area contributed by atoms with Gasteiger partial charge < -0.3 is 30.3 Å². The summed E-state index contributed by atoms with van der Waals surface area (Å²) in [7, 11) is -3.63. The van der Waals surface area contributed by atoms with Crippen molar-refractivity contribution in [1.82, 2.24) is 24.7 Å². The maximum Gasteiger partial charge on any atom is 0.410 e. The largest absolute Gasteiger partial charge is 0.444 e. The molecule has 0 spiro atoms. The summed E-state index contributed by atoms with van der Waals surface area (Å²) in [6.45, 7) is 8.55. The Kier molecular flexibility index (Phi) is 12.6. The summed E-state index contributed by atoms with van der Waals surface area (Å²) in [6, 6.07) is 2.09. The van der Waals surface area contributed by atoms with Crippen LogP contribution in [0.2, 0.25) is 0 Å². The molecule has 2 heterocycles. The lowest BCUT2D eigenvalue weighted by atomic mass is 10.1. The average molecular weight is 789 g/mol. The number of carbonyl (C=O) groups is 6. The van der Waals surface area contributed by atoms with Gasteiger partial charge >= 0.3 is 12.2 Å². The Morgan fingerprint density at radius 1 is 1.11 bits per heavy atom. The van der Waals surface area contributed by atoms with E-state index in [0.717, 1.165) is 11.0 Å². The number of fused-ring (bicyclic) bond motifs is 1. The average Bonchev–Trinajstić information content (AvgIpc) is 4.02. The fraction of sp³-hybridized carbons (Fsp3) is 0.568. The number of rotatable bonds is 15. The first kappa shape index (κ1) is 41.2. The lowest BCUT2D eigenvalue weighted by molar-refractivity contribution is -0.139. The predicted molar refractivity (Wildman–Crippen MR) is 195 cm³/mol. The molecule has 5 atom stereocenters. The molecule has 5 unspecified atom stereocenters. The zero-order valence-corrected chi connectivity index (χ0v) is 32.0. The van der Waals surface area contributed by atoms with Crippen LogP contribution in [0.3, 0.4) is 0 Å². The maximum atomic E-state index is 14.3. The molecule has 0 bridgehead atoms. The number of ether oxygens (including phenoxy) is 2. The molecular formula is C37H49FN6O10S. The van der Waals surface area contributed by atoms with E-state index in [4.69, 9.17) is 15.2 Å². The highest BCUT2D eigenvalue weighted by Gasteiger charge is 2.46. The van der Waals surface area contributed by atoms with Crippen molar-refractivity contribution in [2.45, 2.75) is 101 Å². The molecule has 4 N–H and O–H groups in total. The molecule has 18 heteroatoms. The lowest BCUT2D eigenvalue weighted by Gasteiger charge is -2.30. The molecule has 300 valence electrons. The third-order valence-electron chi connectivity index (χ3n) is 9.82. The van der Waals surface area contributed by atoms with Gasteiger partial charge in [0.1, 0.15) is 29.6 Å². The number of carbonyl (C=O) groups excluding carboxylic acids is 6. The third kappa shape index (κ3) is 10.8. The number of hydrogen-bond donors (Lipinski definition) is 3. The van der Waals surface area contributed by atoms with Crippen molar-refractivity contribution in [3.8, 4) is 0 Å². The summed E-state index contributed by atoms with van der Waals surface area (Å²) < 4.78 is 51.7. The van der Waals surface area contributed by atoms with E-state index in [-0.39, 0.29) is 51.5 Å². The lowest BCUT2D eigenvalue weighted by Crippen LogP contribution is -2.54. The molecule has 2 saturated carbocycles. The predicted octanol–water partition coefficient (Wildman–Crippen LogP) is 2.22. The van der Waals surface area contributed by atoms with Gasteiger partial charge in [0.25, 0.3) is 0 Å². The molecule has 1 aromatic carbocycles. The van der Waals surface area contributed by atoms with Crippen molar-refractivity contribution in [2.75, 3.05) is 19.6 Å². The zero-order chi connectivity index (χ0) is 40.2. The second-order valence-corrected chi connectivity index (χ2v) is 17.3. The topological polar surface area (TPSA) is 215 Å². The summed E-state index contributed by atoms with van der Waals surface area (Å²) in [4.78, 5) is 81.8. The maximum absolute atomic E-state index is 14.3. The Labute approximate surface area is 319 Å². The van der Waals surface area contributed by atoms with Crippen molar-refractivity contribution in [3.63, 3.8) is 0 Å². The first-order valence-electron chi connectivity index (χ1n) is 18.3. The SMILES string of the molecule is C=CC(=O)N(CCC=CC1CC1C(=O)NS(=O)(=O)C1CC1)CCC(NC(=O)OC(C)(C)C)C(=O)N1CC(OC(=O)N2Cc3cccc(F)c3C2)CC1C(N)=O. The number of halogens is 1. The van der Waals surface area contributed by atoms with Crippen LogP contribution in [0.1, 0.15) is 70.4 Å². The Morgan fingerprint density at radius 2 is 1.84 bits per heavy atom. The van der Waals surface area contributed by atoms with Gasteiger partial charge in [0.15, 0.2) is 0 Å². The van der Waals surface area contributed by atoms with E-state index < -0.39 is 86.6 Å². The normalized spacial score (nSPS) is 22.4. The number of nitrogens with one attached hydrogen (secondary N) is 2. The summed E-state index contributed by atoms with van der Waals surface area (Å²) in [5.74, 6) is -3.54. The first-order chi connectivity index (χ1) is 25.9. The Bertz CT molecular complexity index is 1840. The fourth-order valence-electron chi connectivity index (χ4n) is 6.68. The van der Waals surface area contributed by atoms with E-state index in [0.29, 0.717) is 36.8 Å². The van der Waals surface area contributed by atoms with Gasteiger partial charge in [-0.15, -0.1) is 0 Å². The Hall–Kier alpha value is -5.00. The van der Waals surface area contributed by atoms with E-state index in [1.54, 1.807) is 39.0 Å². The Balaban J connectivity index is 1.20. The molecule has 1 aromatic rings. The van der Waals surface area contributed by atoms with Crippen LogP contribution in [0.25, 0.3) is 0 Å². The minimum atomic E-state index is -3.63. The molecule has 4 aliphatic rings. The summed E-state index contributed by atoms with van der Waals surface area (Å²) in [5, 5.41) is 2.06. The number of allylic oxidation sites excluding steroid dienone is 1. The number of primary amides is 1. The van der Waals surface area contributed by atoms with E-state index in [1.165, 1.54) is 15.9 Å². The zero-order valence-electron chi connectivity index (χ0n) is 31.2. The highest BCUT2D eigenvalue weighted by Crippen LogP contribution is 2.40. The molecule has 16 nitrogen and oxygen atoms in total. The van der Waals surface area contributed by atoms with E-state index >= 15 is 0 Å². The summed E-state index contributed by atoms with van der Waals surface area (Å²) in [6.07, 6.45) is 3.86. The van der Waals surface area contributed by atoms with E-state index in [2.05, 4.69) is 16.6 Å². The van der Waals surface area contributed by atoms with Crippen molar-refractivity contribution >= 4 is 45.8 Å². The van der Waals surface area contributed by atoms with Crippen LogP contribution in [-0.2, 0) is 51.8 Å². The van der Waals surface area contributed by atoms with Crippen LogP contribution in [0.5, 0.6) is 0 Å². The van der Waals surface area contributed by atoms with Gasteiger partial charge in [0.05, 0.1) is 18.3 Å². The number of nitrogens with zero attached hydrogens (tertiary/aromatic N) is 3. The van der Waals surface area contributed by atoms with Crippen molar-refractivity contribution < 1.29 is 51.0 Å². The van der Waals surface area contributed by atoms with Gasteiger partial charge in [-0.2, -0.15) is 0 Å². The summed E-state index contributed by atoms with van der Waals surface area (Å²) >= 11 is 0. The van der Waals surface area contributed by atoms with Gasteiger partial charge in [-0.05, 0) is 76.5 Å². The molecule has 0 aromatic heterocycles. The molecule has 3 fully saturated rings. The molecule has 0 radical (unpaired) electrons. The minimum absolute atomic E-state index is 0.00190. The number of alkyl carbamates (subject to hydrolysis) is 1. The number of benzene rings is 1. The first-order valence-corrected chi connectivity index (χ1v) is 19.9. The second-order valence-electron chi connectivity index (χ2n) is 15.3. The molecule has 5 rings (SSSR count). The number of nitrogens with two attached hydrogens (primary N) is 1. The van der Waals surface area contributed by atoms with Gasteiger partial charge in [0.2, 0.25) is 33.7 Å². The van der Waals surface area contributed by atoms with Gasteiger partial charge in [-0.1, -0.05) is 30.9 Å². The number of likely N-dealkylation sites (tertiary alicyclic amines) is 1. The minimum Gasteiger partial charge on any atom is -0.444 e. The smallest absolute Gasteiger partial charge is 0.410 e. The van der Waals surface area contributed by atoms with Gasteiger partial charge in [-0.25, -0.2) is 22.4 Å². The van der Waals surface area contributed by atoms with Gasteiger partial charge in [-0.3, -0.25) is 28.8 Å². The standard InChI is InChI=1S/C37H49FN6O10S/c1-5-31(45)42(15-7-6-9-22-17-26(22)33(47)41-55(51,52)25-12-13-25)16-14-29(40-35(49)54-37(2,3)4)34(48)44-20-24(18-30(44)32(39)46)53-36(50)43-19-23-10-8-11-28(38)27(23)21-43/h5-6,8-11,22,24-26,29-30H,1,7,12-21H2,2-4H3,(H2,39,46)(H,40,49)(H,41,47). The van der Waals surface area contributed by atoms with Crippen LogP contribution in [0.4, 0.5) is 14.0 Å². The molecule has 1 saturated heterocycles. The van der Waals surface area contributed by atoms with Crippen LogP contribution in [-0.4, -0.2) is 108 Å². The second kappa shape index (κ2) is 16.8. The molecule has 2 aliphatic carbocycles. The molecule has 6 amide bonds. The van der Waals surface area contributed by atoms with Crippen LogP contribution in [0, 0.1) is 17.7 Å². The Morgan fingerprint density at radius 3 is 2.47 bits per heavy atom. The molecular weight excluding hydrogens is 740 g/mol. The fourth-order valence-corrected chi connectivity index (χ4v) is 8.04. The highest BCUT2D eigenvalue weighted by molar-refractivity contribution is 7.90. The van der Waals surface area contributed by atoms with Crippen molar-refractivity contribution in [1.29, 1.82) is 0 Å². The summed E-state index contributed by atoms with van der Waals surface area (Å²) in [5.41, 5.74) is 5.80. The monoisotopic (exact) mass is 788 g/mol. The van der Waals surface area contributed by atoms with Gasteiger partial charge in [0, 0.05) is 37.5 Å². The number of sulfonamides is 1. The van der Waals surface area contributed by atoms with E-state index in [9.17, 15) is 41.6 Å². The number of amides is 6. The molecule has 55 heavy (non-hydrogen) atoms. The quantitative estimate of drug-likeness (QED) is 0.174.